The van der Waals surface area contributed by atoms with Crippen LogP contribution in [0.25, 0.3) is 0 Å². The average molecular weight is 469 g/mol. The Morgan fingerprint density at radius 1 is 1.09 bits per heavy atom. The Morgan fingerprint density at radius 3 is 2.68 bits per heavy atom. The summed E-state index contributed by atoms with van der Waals surface area (Å²) in [4.78, 5) is 31.2. The van der Waals surface area contributed by atoms with Gasteiger partial charge in [-0.25, -0.2) is 4.79 Å². The highest BCUT2D eigenvalue weighted by Gasteiger charge is 2.40. The Bertz CT molecular complexity index is 929. The number of aromatic nitrogens is 1. The fourth-order valence-corrected chi connectivity index (χ4v) is 4.47. The molecule has 2 saturated heterocycles. The Balaban J connectivity index is 1.31. The van der Waals surface area contributed by atoms with E-state index in [4.69, 9.17) is 9.47 Å². The fraction of sp³-hybridized carbons (Fsp3) is 0.480. The SMILES string of the molecule is O=C(C[C@@H]1CC[C@@H]2[C@H](COC[C@@H](O)CN2C(=O)Nc2ccccc2)O1)NCCc1ccncc1. The van der Waals surface area contributed by atoms with E-state index < -0.39 is 6.10 Å². The van der Waals surface area contributed by atoms with Crippen molar-refractivity contribution in [2.45, 2.75) is 50.0 Å². The van der Waals surface area contributed by atoms with Gasteiger partial charge in [0.15, 0.2) is 0 Å². The van der Waals surface area contributed by atoms with Crippen LogP contribution in [-0.2, 0) is 20.7 Å². The molecule has 2 aliphatic heterocycles. The molecule has 0 radical (unpaired) electrons. The first-order valence-electron chi connectivity index (χ1n) is 11.8. The second kappa shape index (κ2) is 11.9. The van der Waals surface area contributed by atoms with Crippen LogP contribution >= 0.6 is 0 Å². The standard InChI is InChI=1S/C25H32N4O5/c30-20-15-29(25(32)28-19-4-2-1-3-5-19)22-7-6-21(34-23(22)17-33-16-20)14-24(31)27-13-10-18-8-11-26-12-9-18/h1-5,8-9,11-12,20-23,30H,6-7,10,13-17H2,(H,27,31)(H,28,32)/t20-,21-,22+,23-/m0/s1. The third kappa shape index (κ3) is 6.75. The lowest BCUT2D eigenvalue weighted by Crippen LogP contribution is -2.58. The zero-order chi connectivity index (χ0) is 23.8. The normalized spacial score (nSPS) is 24.9. The molecule has 3 heterocycles. The Labute approximate surface area is 199 Å². The fourth-order valence-electron chi connectivity index (χ4n) is 4.47. The highest BCUT2D eigenvalue weighted by Crippen LogP contribution is 2.28. The van der Waals surface area contributed by atoms with Crippen LogP contribution in [0.4, 0.5) is 10.5 Å². The maximum atomic E-state index is 13.1. The van der Waals surface area contributed by atoms with E-state index in [1.165, 1.54) is 0 Å². The summed E-state index contributed by atoms with van der Waals surface area (Å²) < 4.78 is 11.9. The molecule has 9 nitrogen and oxygen atoms in total. The molecule has 2 aromatic rings. The highest BCUT2D eigenvalue weighted by atomic mass is 16.5. The first kappa shape index (κ1) is 24.1. The van der Waals surface area contributed by atoms with Crippen molar-refractivity contribution in [2.75, 3.05) is 31.6 Å². The number of aliphatic hydroxyl groups excluding tert-OH is 1. The van der Waals surface area contributed by atoms with Gasteiger partial charge in [0, 0.05) is 24.6 Å². The van der Waals surface area contributed by atoms with E-state index in [0.717, 1.165) is 12.0 Å². The number of nitrogens with one attached hydrogen (secondary N) is 2. The highest BCUT2D eigenvalue weighted by molar-refractivity contribution is 5.89. The molecule has 0 aliphatic carbocycles. The summed E-state index contributed by atoms with van der Waals surface area (Å²) in [5, 5.41) is 16.1. The average Bonchev–Trinajstić information content (AvgIpc) is 2.83. The van der Waals surface area contributed by atoms with Crippen LogP contribution in [0.1, 0.15) is 24.8 Å². The zero-order valence-electron chi connectivity index (χ0n) is 19.1. The lowest BCUT2D eigenvalue weighted by molar-refractivity contribution is -0.149. The van der Waals surface area contributed by atoms with Crippen molar-refractivity contribution < 1.29 is 24.2 Å². The van der Waals surface area contributed by atoms with Gasteiger partial charge < -0.3 is 30.1 Å². The molecule has 0 saturated carbocycles. The van der Waals surface area contributed by atoms with E-state index in [2.05, 4.69) is 15.6 Å². The van der Waals surface area contributed by atoms with Crippen molar-refractivity contribution in [1.82, 2.24) is 15.2 Å². The first-order chi connectivity index (χ1) is 16.6. The van der Waals surface area contributed by atoms with Gasteiger partial charge in [-0.3, -0.25) is 9.78 Å². The summed E-state index contributed by atoms with van der Waals surface area (Å²) >= 11 is 0. The number of anilines is 1. The third-order valence-corrected chi connectivity index (χ3v) is 6.17. The van der Waals surface area contributed by atoms with Gasteiger partial charge in [0.2, 0.25) is 5.91 Å². The number of carbonyl (C=O) groups excluding carboxylic acids is 2. The second-order valence-corrected chi connectivity index (χ2v) is 8.74. The Hall–Kier alpha value is -3.01. The molecule has 0 bridgehead atoms. The van der Waals surface area contributed by atoms with Crippen molar-refractivity contribution in [3.05, 3.63) is 60.4 Å². The summed E-state index contributed by atoms with van der Waals surface area (Å²) in [5.74, 6) is -0.0571. The van der Waals surface area contributed by atoms with E-state index in [-0.39, 0.29) is 56.4 Å². The predicted octanol–water partition coefficient (Wildman–Crippen LogP) is 1.97. The smallest absolute Gasteiger partial charge is 0.322 e. The number of hydrogen-bond acceptors (Lipinski definition) is 6. The number of rotatable bonds is 6. The molecule has 4 atom stereocenters. The molecular weight excluding hydrogens is 436 g/mol. The van der Waals surface area contributed by atoms with Crippen molar-refractivity contribution in [3.8, 4) is 0 Å². The number of pyridine rings is 1. The van der Waals surface area contributed by atoms with Crippen LogP contribution in [0, 0.1) is 0 Å². The van der Waals surface area contributed by atoms with Crippen molar-refractivity contribution in [3.63, 3.8) is 0 Å². The van der Waals surface area contributed by atoms with Gasteiger partial charge in [-0.05, 0) is 49.1 Å². The van der Waals surface area contributed by atoms with Gasteiger partial charge in [-0.15, -0.1) is 0 Å². The maximum absolute atomic E-state index is 13.1. The number of benzene rings is 1. The Morgan fingerprint density at radius 2 is 1.88 bits per heavy atom. The van der Waals surface area contributed by atoms with Crippen molar-refractivity contribution >= 4 is 17.6 Å². The number of carbonyl (C=O) groups is 2. The van der Waals surface area contributed by atoms with E-state index in [1.807, 2.05) is 42.5 Å². The topological polar surface area (TPSA) is 113 Å². The minimum atomic E-state index is -0.772. The zero-order valence-corrected chi connectivity index (χ0v) is 19.1. The number of urea groups is 1. The molecule has 4 rings (SSSR count). The number of aliphatic hydroxyl groups is 1. The van der Waals surface area contributed by atoms with Gasteiger partial charge in [0.05, 0.1) is 44.4 Å². The molecule has 1 aromatic heterocycles. The molecule has 9 heteroatoms. The molecule has 2 aliphatic rings. The van der Waals surface area contributed by atoms with Gasteiger partial charge in [-0.2, -0.15) is 0 Å². The monoisotopic (exact) mass is 468 g/mol. The number of hydrogen-bond donors (Lipinski definition) is 3. The molecule has 34 heavy (non-hydrogen) atoms. The first-order valence-corrected chi connectivity index (χ1v) is 11.8. The molecule has 2 fully saturated rings. The number of nitrogens with zero attached hydrogens (tertiary/aromatic N) is 2. The number of β-amino-alcohol motifs (C(OH)–C–C–N with tert-alkyl or cyclic N) is 1. The lowest BCUT2D eigenvalue weighted by atomic mass is 9.95. The van der Waals surface area contributed by atoms with Crippen LogP contribution < -0.4 is 10.6 Å². The molecule has 182 valence electrons. The predicted molar refractivity (Wildman–Crippen MR) is 126 cm³/mol. The Kier molecular flexibility index (Phi) is 8.46. The molecule has 0 unspecified atom stereocenters. The maximum Gasteiger partial charge on any atom is 0.322 e. The third-order valence-electron chi connectivity index (χ3n) is 6.17. The molecular formula is C25H32N4O5. The largest absolute Gasteiger partial charge is 0.389 e. The summed E-state index contributed by atoms with van der Waals surface area (Å²) in [7, 11) is 0. The number of amides is 3. The van der Waals surface area contributed by atoms with Gasteiger partial charge in [0.25, 0.3) is 0 Å². The summed E-state index contributed by atoms with van der Waals surface area (Å²) in [6, 6.07) is 12.6. The van der Waals surface area contributed by atoms with Crippen molar-refractivity contribution in [2.24, 2.45) is 0 Å². The van der Waals surface area contributed by atoms with Gasteiger partial charge in [0.1, 0.15) is 6.10 Å². The number of para-hydroxylation sites is 1. The quantitative estimate of drug-likeness (QED) is 0.598. The molecule has 3 N–H and O–H groups in total. The van der Waals surface area contributed by atoms with Gasteiger partial charge >= 0.3 is 6.03 Å². The lowest BCUT2D eigenvalue weighted by Gasteiger charge is -2.44. The molecule has 1 aromatic carbocycles. The molecule has 3 amide bonds. The number of fused-ring (bicyclic) bond motifs is 1. The van der Waals surface area contributed by atoms with Crippen LogP contribution in [0.5, 0.6) is 0 Å². The number of ether oxygens (including phenoxy) is 2. The van der Waals surface area contributed by atoms with Crippen LogP contribution in [0.15, 0.2) is 54.9 Å². The summed E-state index contributed by atoms with van der Waals surface area (Å²) in [5.41, 5.74) is 1.81. The van der Waals surface area contributed by atoms with Crippen molar-refractivity contribution in [1.29, 1.82) is 0 Å². The molecule has 0 spiro atoms. The van der Waals surface area contributed by atoms with E-state index in [9.17, 15) is 14.7 Å². The van der Waals surface area contributed by atoms with Gasteiger partial charge in [-0.1, -0.05) is 18.2 Å². The van der Waals surface area contributed by atoms with E-state index in [0.29, 0.717) is 25.1 Å². The second-order valence-electron chi connectivity index (χ2n) is 8.74. The van der Waals surface area contributed by atoms with Crippen LogP contribution in [0.3, 0.4) is 0 Å². The van der Waals surface area contributed by atoms with E-state index in [1.54, 1.807) is 17.3 Å². The summed E-state index contributed by atoms with van der Waals surface area (Å²) in [6.07, 6.45) is 4.41. The minimum absolute atomic E-state index is 0.0571. The van der Waals surface area contributed by atoms with E-state index >= 15 is 0 Å². The summed E-state index contributed by atoms with van der Waals surface area (Å²) in [6.45, 7) is 1.10. The van der Waals surface area contributed by atoms with Crippen LogP contribution in [-0.4, -0.2) is 77.6 Å². The minimum Gasteiger partial charge on any atom is -0.389 e. The van der Waals surface area contributed by atoms with Crippen LogP contribution in [0.2, 0.25) is 0 Å².